The molecule has 0 bridgehead atoms. The van der Waals surface area contributed by atoms with Gasteiger partial charge in [-0.25, -0.2) is 0 Å². The molecule has 11 atom stereocenters. The summed E-state index contributed by atoms with van der Waals surface area (Å²) in [4.78, 5) is 12.4. The van der Waals surface area contributed by atoms with E-state index in [4.69, 9.17) is 0 Å². The molecule has 0 aromatic carbocycles. The van der Waals surface area contributed by atoms with Crippen molar-refractivity contribution in [2.75, 3.05) is 0 Å². The number of hydrogen-bond acceptors (Lipinski definition) is 1. The van der Waals surface area contributed by atoms with Crippen LogP contribution in [0.4, 0.5) is 0 Å². The van der Waals surface area contributed by atoms with Crippen molar-refractivity contribution < 1.29 is 9.90 Å². The van der Waals surface area contributed by atoms with Crippen LogP contribution in [-0.2, 0) is 4.79 Å². The number of aliphatic carboxylic acids is 1. The molecule has 2 nitrogen and oxygen atoms in total. The molecule has 1 N–H and O–H groups in total. The van der Waals surface area contributed by atoms with Crippen LogP contribution in [-0.4, -0.2) is 11.1 Å². The lowest BCUT2D eigenvalue weighted by Crippen LogP contribution is -2.66. The van der Waals surface area contributed by atoms with E-state index in [0.29, 0.717) is 22.2 Å². The van der Waals surface area contributed by atoms with Crippen molar-refractivity contribution in [3.63, 3.8) is 0 Å². The molecule has 5 rings (SSSR count). The van der Waals surface area contributed by atoms with E-state index in [2.05, 4.69) is 47.6 Å². The third-order valence-electron chi connectivity index (χ3n) is 13.5. The zero-order chi connectivity index (χ0) is 23.3. The molecule has 0 radical (unpaired) electrons. The molecule has 0 heterocycles. The van der Waals surface area contributed by atoms with E-state index in [9.17, 15) is 9.90 Å². The number of allylic oxidation sites excluding steroid dienone is 1. The van der Waals surface area contributed by atoms with Gasteiger partial charge in [-0.15, -0.1) is 0 Å². The molecule has 180 valence electrons. The van der Waals surface area contributed by atoms with Crippen molar-refractivity contribution >= 4 is 5.97 Å². The van der Waals surface area contributed by atoms with Crippen LogP contribution in [0.25, 0.3) is 0 Å². The first kappa shape index (κ1) is 23.0. The molecular weight excluding hydrogens is 392 g/mol. The smallest absolute Gasteiger partial charge is 0.313 e. The summed E-state index contributed by atoms with van der Waals surface area (Å²) < 4.78 is 0. The second kappa shape index (κ2) is 6.88. The van der Waals surface area contributed by atoms with E-state index in [1.165, 1.54) is 44.9 Å². The zero-order valence-corrected chi connectivity index (χ0v) is 21.8. The van der Waals surface area contributed by atoms with E-state index in [0.717, 1.165) is 36.5 Å². The molecule has 32 heavy (non-hydrogen) atoms. The van der Waals surface area contributed by atoms with Crippen LogP contribution in [0.5, 0.6) is 0 Å². The van der Waals surface area contributed by atoms with Gasteiger partial charge in [0.2, 0.25) is 0 Å². The molecule has 2 unspecified atom stereocenters. The average molecular weight is 441 g/mol. The summed E-state index contributed by atoms with van der Waals surface area (Å²) in [7, 11) is 0. The van der Waals surface area contributed by atoms with Crippen molar-refractivity contribution in [1.29, 1.82) is 0 Å². The Morgan fingerprint density at radius 1 is 0.844 bits per heavy atom. The summed E-state index contributed by atoms with van der Waals surface area (Å²) in [5, 5.41) is 10.2. The maximum absolute atomic E-state index is 12.4. The zero-order valence-electron chi connectivity index (χ0n) is 21.8. The highest BCUT2D eigenvalue weighted by atomic mass is 16.4. The summed E-state index contributed by atoms with van der Waals surface area (Å²) in [6.45, 7) is 17.5. The van der Waals surface area contributed by atoms with Gasteiger partial charge in [0.05, 0.1) is 5.41 Å². The second-order valence-electron chi connectivity index (χ2n) is 14.4. The highest BCUT2D eigenvalue weighted by Crippen LogP contribution is 2.76. The Hall–Kier alpha value is -0.790. The summed E-state index contributed by atoms with van der Waals surface area (Å²) in [5.74, 6) is 3.67. The van der Waals surface area contributed by atoms with Crippen LogP contribution in [0.1, 0.15) is 106 Å². The molecule has 0 amide bonds. The number of carboxylic acids is 1. The number of rotatable bonds is 1. The van der Waals surface area contributed by atoms with E-state index in [1.807, 2.05) is 13.0 Å². The number of hydrogen-bond donors (Lipinski definition) is 1. The Morgan fingerprint density at radius 2 is 1.56 bits per heavy atom. The predicted molar refractivity (Wildman–Crippen MR) is 131 cm³/mol. The molecule has 0 aliphatic heterocycles. The van der Waals surface area contributed by atoms with Gasteiger partial charge < -0.3 is 5.11 Å². The number of fused-ring (bicyclic) bond motifs is 7. The minimum absolute atomic E-state index is 0.106. The van der Waals surface area contributed by atoms with Gasteiger partial charge in [0, 0.05) is 0 Å². The Labute approximate surface area is 197 Å². The van der Waals surface area contributed by atoms with E-state index < -0.39 is 11.4 Å². The van der Waals surface area contributed by atoms with Gasteiger partial charge in [0.25, 0.3) is 0 Å². The van der Waals surface area contributed by atoms with Gasteiger partial charge in [-0.3, -0.25) is 4.79 Å². The molecule has 4 saturated carbocycles. The van der Waals surface area contributed by atoms with Gasteiger partial charge >= 0.3 is 5.97 Å². The van der Waals surface area contributed by atoms with Crippen LogP contribution in [0.15, 0.2) is 12.2 Å². The van der Waals surface area contributed by atoms with E-state index >= 15 is 0 Å². The Bertz CT molecular complexity index is 831. The molecule has 4 fully saturated rings. The molecule has 0 aromatic heterocycles. The largest absolute Gasteiger partial charge is 0.481 e. The van der Waals surface area contributed by atoms with Crippen LogP contribution in [0, 0.1) is 62.6 Å². The quantitative estimate of drug-likeness (QED) is 0.420. The minimum Gasteiger partial charge on any atom is -0.481 e. The normalized spacial score (nSPS) is 59.3. The maximum atomic E-state index is 12.4. The standard InChI is InChI=1S/C30H48O2/c1-19-11-15-26(3)17-18-29(6)21(24(26)20(19)2)9-10-23-27(4)13-8-14-28(5,25(31)32)22(27)12-16-30(23,29)7/h8,14,19-24H,9-13,15-18H2,1-7H3,(H,31,32)/t19-,20+,21-,22?,23-,24+,26-,27+,28?,29-,30-/m1/s1. The van der Waals surface area contributed by atoms with Crippen molar-refractivity contribution in [2.45, 2.75) is 106 Å². The fourth-order valence-corrected chi connectivity index (χ4v) is 11.2. The molecule has 5 aliphatic carbocycles. The summed E-state index contributed by atoms with van der Waals surface area (Å²) in [6.07, 6.45) is 15.9. The SMILES string of the molecule is C[C@@H]1[C@H]2[C@H]3CC[C@@H]4[C@@]5(C)CC=CC(C)(C(=O)O)C5CC[C@@]4(C)[C@]3(C)CC[C@@]2(C)CC[C@H]1C. The Kier molecular flexibility index (Phi) is 4.94. The Morgan fingerprint density at radius 3 is 2.25 bits per heavy atom. The van der Waals surface area contributed by atoms with Crippen molar-refractivity contribution in [3.8, 4) is 0 Å². The van der Waals surface area contributed by atoms with Gasteiger partial charge in [-0.05, 0) is 122 Å². The third-order valence-corrected chi connectivity index (χ3v) is 13.5. The minimum atomic E-state index is -0.704. The topological polar surface area (TPSA) is 37.3 Å². The molecule has 5 aliphatic rings. The van der Waals surface area contributed by atoms with Crippen LogP contribution < -0.4 is 0 Å². The maximum Gasteiger partial charge on any atom is 0.313 e. The summed E-state index contributed by atoms with van der Waals surface area (Å²) in [5.41, 5.74) is 0.656. The summed E-state index contributed by atoms with van der Waals surface area (Å²) >= 11 is 0. The fourth-order valence-electron chi connectivity index (χ4n) is 11.2. The third kappa shape index (κ3) is 2.62. The molecule has 0 aromatic rings. The molecule has 0 saturated heterocycles. The van der Waals surface area contributed by atoms with Crippen molar-refractivity contribution in [1.82, 2.24) is 0 Å². The van der Waals surface area contributed by atoms with Gasteiger partial charge in [0.1, 0.15) is 0 Å². The van der Waals surface area contributed by atoms with Crippen LogP contribution in [0.2, 0.25) is 0 Å². The number of carboxylic acid groups (broad SMARTS) is 1. The van der Waals surface area contributed by atoms with Crippen LogP contribution >= 0.6 is 0 Å². The second-order valence-corrected chi connectivity index (χ2v) is 14.4. The van der Waals surface area contributed by atoms with Gasteiger partial charge in [-0.1, -0.05) is 53.7 Å². The van der Waals surface area contributed by atoms with E-state index in [1.54, 1.807) is 0 Å². The van der Waals surface area contributed by atoms with Gasteiger partial charge in [0.15, 0.2) is 0 Å². The molecule has 2 heteroatoms. The lowest BCUT2D eigenvalue weighted by Gasteiger charge is -2.73. The fraction of sp³-hybridized carbons (Fsp3) is 0.900. The predicted octanol–water partition coefficient (Wildman–Crippen LogP) is 7.97. The first-order valence-corrected chi connectivity index (χ1v) is 13.7. The first-order valence-electron chi connectivity index (χ1n) is 13.7. The highest BCUT2D eigenvalue weighted by Gasteiger charge is 2.69. The Balaban J connectivity index is 1.55. The monoisotopic (exact) mass is 440 g/mol. The lowest BCUT2D eigenvalue weighted by molar-refractivity contribution is -0.240. The van der Waals surface area contributed by atoms with Crippen molar-refractivity contribution in [2.24, 2.45) is 62.6 Å². The number of carbonyl (C=O) groups is 1. The summed E-state index contributed by atoms with van der Waals surface area (Å²) in [6, 6.07) is 0. The average Bonchev–Trinajstić information content (AvgIpc) is 2.72. The lowest BCUT2D eigenvalue weighted by atomic mass is 9.31. The van der Waals surface area contributed by atoms with Crippen molar-refractivity contribution in [3.05, 3.63) is 12.2 Å². The van der Waals surface area contributed by atoms with Crippen LogP contribution in [0.3, 0.4) is 0 Å². The van der Waals surface area contributed by atoms with E-state index in [-0.39, 0.29) is 11.3 Å². The molecule has 0 spiro atoms. The first-order chi connectivity index (χ1) is 14.8. The highest BCUT2D eigenvalue weighted by molar-refractivity contribution is 5.77. The molecular formula is C30H48O2. The van der Waals surface area contributed by atoms with Gasteiger partial charge in [-0.2, -0.15) is 0 Å².